The van der Waals surface area contributed by atoms with Gasteiger partial charge < -0.3 is 4.52 Å². The van der Waals surface area contributed by atoms with Gasteiger partial charge in [-0.3, -0.25) is 0 Å². The number of hydrogen-bond donors (Lipinski definition) is 0. The average molecular weight is 214 g/mol. The Balaban J connectivity index is 2.22. The second-order valence-electron chi connectivity index (χ2n) is 3.44. The summed E-state index contributed by atoms with van der Waals surface area (Å²) in [4.78, 5) is 0. The lowest BCUT2D eigenvalue weighted by Gasteiger charge is -2.01. The van der Waals surface area contributed by atoms with E-state index in [0.717, 1.165) is 5.56 Å². The Hall–Kier alpha value is -2.23. The molecule has 0 spiro atoms. The van der Waals surface area contributed by atoms with E-state index in [1.807, 2.05) is 0 Å². The Bertz CT molecular complexity index is 648. The summed E-state index contributed by atoms with van der Waals surface area (Å²) in [6.07, 6.45) is 0. The summed E-state index contributed by atoms with van der Waals surface area (Å²) >= 11 is 0. The molecule has 0 aliphatic carbocycles. The highest BCUT2D eigenvalue weighted by Crippen LogP contribution is 2.25. The predicted octanol–water partition coefficient (Wildman–Crippen LogP) is 3.03. The molecule has 3 aromatic rings. The minimum Gasteiger partial charge on any atom is -0.337 e. The predicted molar refractivity (Wildman–Crippen MR) is 57.2 cm³/mol. The molecule has 2 aromatic carbocycles. The zero-order valence-electron chi connectivity index (χ0n) is 8.22. The molecule has 1 aromatic heterocycles. The van der Waals surface area contributed by atoms with Gasteiger partial charge in [-0.05, 0) is 23.8 Å². The van der Waals surface area contributed by atoms with Gasteiger partial charge in [0.05, 0.1) is 0 Å². The molecule has 0 N–H and O–H groups in total. The van der Waals surface area contributed by atoms with Crippen LogP contribution < -0.4 is 0 Å². The molecule has 78 valence electrons. The van der Waals surface area contributed by atoms with Gasteiger partial charge in [0.25, 0.3) is 0 Å². The van der Waals surface area contributed by atoms with Crippen molar-refractivity contribution in [3.8, 4) is 11.1 Å². The molecule has 1 heterocycles. The lowest BCUT2D eigenvalue weighted by atomic mass is 10.1. The van der Waals surface area contributed by atoms with Gasteiger partial charge in [0.2, 0.25) is 0 Å². The normalized spacial score (nSPS) is 10.8. The molecule has 0 unspecified atom stereocenters. The van der Waals surface area contributed by atoms with Gasteiger partial charge in [-0.15, -0.1) is 5.10 Å². The monoisotopic (exact) mass is 214 g/mol. The van der Waals surface area contributed by atoms with Crippen molar-refractivity contribution in [2.45, 2.75) is 0 Å². The van der Waals surface area contributed by atoms with Crippen LogP contribution in [0.3, 0.4) is 0 Å². The Kier molecular flexibility index (Phi) is 1.93. The maximum Gasteiger partial charge on any atom is 0.188 e. The Labute approximate surface area is 90.5 Å². The molecule has 0 radical (unpaired) electrons. The molecule has 16 heavy (non-hydrogen) atoms. The molecule has 0 saturated carbocycles. The average Bonchev–Trinajstić information content (AvgIpc) is 2.76. The van der Waals surface area contributed by atoms with Gasteiger partial charge in [-0.25, -0.2) is 4.39 Å². The van der Waals surface area contributed by atoms with Crippen LogP contribution in [0.5, 0.6) is 0 Å². The molecule has 3 nitrogen and oxygen atoms in total. The van der Waals surface area contributed by atoms with Crippen LogP contribution in [-0.2, 0) is 0 Å². The third-order valence-electron chi connectivity index (χ3n) is 2.43. The Morgan fingerprint density at radius 2 is 1.94 bits per heavy atom. The zero-order chi connectivity index (χ0) is 11.0. The first kappa shape index (κ1) is 9.03. The number of nitrogens with zero attached hydrogens (tertiary/aromatic N) is 2. The molecule has 0 bridgehead atoms. The van der Waals surface area contributed by atoms with Gasteiger partial charge >= 0.3 is 0 Å². The van der Waals surface area contributed by atoms with Gasteiger partial charge in [-0.1, -0.05) is 24.3 Å². The van der Waals surface area contributed by atoms with Gasteiger partial charge in [0, 0.05) is 10.8 Å². The first-order valence-corrected chi connectivity index (χ1v) is 4.81. The van der Waals surface area contributed by atoms with Crippen LogP contribution in [0.1, 0.15) is 0 Å². The third-order valence-corrected chi connectivity index (χ3v) is 2.43. The molecule has 0 saturated heterocycles. The minimum atomic E-state index is -0.255. The summed E-state index contributed by atoms with van der Waals surface area (Å²) in [5.74, 6) is -0.255. The maximum absolute atomic E-state index is 13.5. The highest BCUT2D eigenvalue weighted by molar-refractivity contribution is 5.79. The van der Waals surface area contributed by atoms with Crippen LogP contribution >= 0.6 is 0 Å². The first-order chi connectivity index (χ1) is 7.84. The molecule has 3 rings (SSSR count). The molecule has 0 amide bonds. The number of rotatable bonds is 1. The highest BCUT2D eigenvalue weighted by atomic mass is 19.1. The van der Waals surface area contributed by atoms with E-state index in [0.29, 0.717) is 16.7 Å². The van der Waals surface area contributed by atoms with E-state index in [-0.39, 0.29) is 5.82 Å². The Morgan fingerprint density at radius 3 is 2.81 bits per heavy atom. The molecule has 0 aliphatic rings. The van der Waals surface area contributed by atoms with Gasteiger partial charge in [-0.2, -0.15) is 0 Å². The van der Waals surface area contributed by atoms with Crippen molar-refractivity contribution in [2.24, 2.45) is 0 Å². The second kappa shape index (κ2) is 3.41. The highest BCUT2D eigenvalue weighted by Gasteiger charge is 2.06. The number of halogens is 1. The summed E-state index contributed by atoms with van der Waals surface area (Å²) in [6, 6.07) is 11.9. The summed E-state index contributed by atoms with van der Waals surface area (Å²) in [5, 5.41) is 7.21. The fourth-order valence-electron chi connectivity index (χ4n) is 1.64. The molecular weight excluding hydrogens is 207 g/mol. The van der Waals surface area contributed by atoms with Crippen molar-refractivity contribution in [1.82, 2.24) is 10.4 Å². The molecule has 0 fully saturated rings. The molecular formula is C12H7FN2O. The smallest absolute Gasteiger partial charge is 0.188 e. The topological polar surface area (TPSA) is 38.9 Å². The Morgan fingerprint density at radius 1 is 1.06 bits per heavy atom. The van der Waals surface area contributed by atoms with Gasteiger partial charge in [0.1, 0.15) is 11.3 Å². The molecule has 4 heteroatoms. The van der Waals surface area contributed by atoms with E-state index >= 15 is 0 Å². The number of fused-ring (bicyclic) bond motifs is 1. The van der Waals surface area contributed by atoms with E-state index in [4.69, 9.17) is 4.52 Å². The van der Waals surface area contributed by atoms with Crippen molar-refractivity contribution >= 4 is 11.1 Å². The third kappa shape index (κ3) is 1.35. The molecule has 0 aliphatic heterocycles. The van der Waals surface area contributed by atoms with Crippen molar-refractivity contribution in [2.75, 3.05) is 0 Å². The van der Waals surface area contributed by atoms with Crippen LogP contribution in [-0.4, -0.2) is 10.4 Å². The fraction of sp³-hybridized carbons (Fsp3) is 0. The van der Waals surface area contributed by atoms with Crippen molar-refractivity contribution in [1.29, 1.82) is 0 Å². The lowest BCUT2D eigenvalue weighted by Crippen LogP contribution is -1.82. The number of hydrogen-bond acceptors (Lipinski definition) is 3. The summed E-state index contributed by atoms with van der Waals surface area (Å²) in [6.45, 7) is 0. The van der Waals surface area contributed by atoms with E-state index in [9.17, 15) is 4.39 Å². The van der Waals surface area contributed by atoms with Crippen LogP contribution in [0, 0.1) is 5.82 Å². The van der Waals surface area contributed by atoms with Crippen molar-refractivity contribution in [3.05, 3.63) is 48.3 Å². The fourth-order valence-corrected chi connectivity index (χ4v) is 1.64. The van der Waals surface area contributed by atoms with Crippen molar-refractivity contribution < 1.29 is 8.91 Å². The van der Waals surface area contributed by atoms with Crippen LogP contribution in [0.25, 0.3) is 22.2 Å². The largest absolute Gasteiger partial charge is 0.337 e. The standard InChI is InChI=1S/C12H7FN2O/c13-10-4-2-1-3-9(10)8-5-6-11-12(7-8)16-15-14-11/h1-7H. The van der Waals surface area contributed by atoms with E-state index in [2.05, 4.69) is 10.4 Å². The first-order valence-electron chi connectivity index (χ1n) is 4.81. The van der Waals surface area contributed by atoms with Crippen molar-refractivity contribution in [3.63, 3.8) is 0 Å². The van der Waals surface area contributed by atoms with Crippen LogP contribution in [0.4, 0.5) is 4.39 Å². The number of benzene rings is 2. The summed E-state index contributed by atoms with van der Waals surface area (Å²) < 4.78 is 18.5. The van der Waals surface area contributed by atoms with E-state index < -0.39 is 0 Å². The maximum atomic E-state index is 13.5. The van der Waals surface area contributed by atoms with E-state index in [1.165, 1.54) is 6.07 Å². The van der Waals surface area contributed by atoms with Gasteiger partial charge in [0.15, 0.2) is 5.58 Å². The quantitative estimate of drug-likeness (QED) is 0.625. The van der Waals surface area contributed by atoms with E-state index in [1.54, 1.807) is 36.4 Å². The minimum absolute atomic E-state index is 0.255. The van der Waals surface area contributed by atoms with Crippen LogP contribution in [0.2, 0.25) is 0 Å². The van der Waals surface area contributed by atoms with Crippen LogP contribution in [0.15, 0.2) is 47.0 Å². The lowest BCUT2D eigenvalue weighted by molar-refractivity contribution is 0.424. The molecule has 0 atom stereocenters. The zero-order valence-corrected chi connectivity index (χ0v) is 8.22. The number of aromatic nitrogens is 2. The summed E-state index contributed by atoms with van der Waals surface area (Å²) in [7, 11) is 0. The SMILES string of the molecule is Fc1ccccc1-c1ccc2nnoc2c1. The second-order valence-corrected chi connectivity index (χ2v) is 3.44. The summed E-state index contributed by atoms with van der Waals surface area (Å²) in [5.41, 5.74) is 2.52.